The maximum atomic E-state index is 13.5. The first-order valence-corrected chi connectivity index (χ1v) is 6.41. The van der Waals surface area contributed by atoms with E-state index in [1.54, 1.807) is 30.6 Å². The number of hydrogen-bond acceptors (Lipinski definition) is 3. The molecule has 0 radical (unpaired) electrons. The zero-order valence-corrected chi connectivity index (χ0v) is 10.5. The summed E-state index contributed by atoms with van der Waals surface area (Å²) in [5.74, 6) is 0.404. The third-order valence-electron chi connectivity index (χ3n) is 3.01. The van der Waals surface area contributed by atoms with E-state index in [9.17, 15) is 4.39 Å². The van der Waals surface area contributed by atoms with Crippen LogP contribution in [0.5, 0.6) is 11.5 Å². The summed E-state index contributed by atoms with van der Waals surface area (Å²) >= 11 is 0. The van der Waals surface area contributed by atoms with Gasteiger partial charge in [0.15, 0.2) is 11.6 Å². The van der Waals surface area contributed by atoms with Crippen LogP contribution in [0.15, 0.2) is 42.7 Å². The van der Waals surface area contributed by atoms with E-state index in [0.717, 1.165) is 12.1 Å². The molecule has 1 heterocycles. The summed E-state index contributed by atoms with van der Waals surface area (Å²) in [5.41, 5.74) is 1.04. The minimum atomic E-state index is -0.371. The highest BCUT2D eigenvalue weighted by Gasteiger charge is 2.20. The topological polar surface area (TPSA) is 34.1 Å². The first kappa shape index (κ1) is 12.1. The summed E-state index contributed by atoms with van der Waals surface area (Å²) in [4.78, 5) is 4.12. The molecule has 4 heteroatoms. The normalized spacial score (nSPS) is 14.4. The van der Waals surface area contributed by atoms with E-state index in [4.69, 9.17) is 4.74 Å². The number of pyridine rings is 1. The fourth-order valence-electron chi connectivity index (χ4n) is 1.82. The number of nitrogens with zero attached hydrogens (tertiary/aromatic N) is 1. The zero-order chi connectivity index (χ0) is 13.1. The van der Waals surface area contributed by atoms with Crippen LogP contribution in [-0.4, -0.2) is 11.0 Å². The van der Waals surface area contributed by atoms with Crippen molar-refractivity contribution >= 4 is 0 Å². The number of benzene rings is 1. The van der Waals surface area contributed by atoms with Gasteiger partial charge in [0, 0.05) is 18.8 Å². The second kappa shape index (κ2) is 5.36. The number of halogens is 1. The fourth-order valence-corrected chi connectivity index (χ4v) is 1.82. The maximum absolute atomic E-state index is 13.5. The molecule has 2 aromatic rings. The molecule has 1 aliphatic rings. The summed E-state index contributed by atoms with van der Waals surface area (Å²) in [6, 6.07) is 8.89. The molecule has 1 aromatic heterocycles. The third-order valence-corrected chi connectivity index (χ3v) is 3.01. The van der Waals surface area contributed by atoms with Crippen molar-refractivity contribution in [2.75, 3.05) is 0 Å². The first-order chi connectivity index (χ1) is 9.31. The van der Waals surface area contributed by atoms with Crippen LogP contribution in [0, 0.1) is 5.82 Å². The maximum Gasteiger partial charge on any atom is 0.165 e. The number of ether oxygens (including phenoxy) is 1. The lowest BCUT2D eigenvalue weighted by atomic mass is 10.2. The summed E-state index contributed by atoms with van der Waals surface area (Å²) in [6.45, 7) is 0.770. The summed E-state index contributed by atoms with van der Waals surface area (Å²) < 4.78 is 19.0. The van der Waals surface area contributed by atoms with Gasteiger partial charge in [0.05, 0.1) is 6.20 Å². The number of rotatable bonds is 5. The average Bonchev–Trinajstić information content (AvgIpc) is 3.24. The van der Waals surface area contributed by atoms with E-state index in [-0.39, 0.29) is 11.6 Å². The van der Waals surface area contributed by atoms with Crippen molar-refractivity contribution in [1.82, 2.24) is 10.3 Å². The lowest BCUT2D eigenvalue weighted by Gasteiger charge is -2.08. The Kier molecular flexibility index (Phi) is 3.42. The predicted molar refractivity (Wildman–Crippen MR) is 70.6 cm³/mol. The van der Waals surface area contributed by atoms with Gasteiger partial charge in [0.2, 0.25) is 0 Å². The largest absolute Gasteiger partial charge is 0.453 e. The SMILES string of the molecule is Fc1ccccc1Oc1cncc(CNC2CC2)c1. The van der Waals surface area contributed by atoms with Crippen LogP contribution < -0.4 is 10.1 Å². The summed E-state index contributed by atoms with van der Waals surface area (Å²) in [5, 5.41) is 3.41. The quantitative estimate of drug-likeness (QED) is 0.893. The van der Waals surface area contributed by atoms with E-state index in [1.165, 1.54) is 18.9 Å². The molecule has 1 fully saturated rings. The smallest absolute Gasteiger partial charge is 0.165 e. The van der Waals surface area contributed by atoms with Crippen molar-refractivity contribution < 1.29 is 9.13 Å². The van der Waals surface area contributed by atoms with Crippen LogP contribution in [0.1, 0.15) is 18.4 Å². The molecule has 0 saturated heterocycles. The second-order valence-corrected chi connectivity index (χ2v) is 4.72. The summed E-state index contributed by atoms with van der Waals surface area (Å²) in [7, 11) is 0. The molecule has 0 atom stereocenters. The molecular formula is C15H15FN2O. The Bertz CT molecular complexity index is 570. The Morgan fingerprint density at radius 3 is 2.89 bits per heavy atom. The molecule has 19 heavy (non-hydrogen) atoms. The molecule has 98 valence electrons. The van der Waals surface area contributed by atoms with Gasteiger partial charge in [0.1, 0.15) is 5.75 Å². The molecule has 3 nitrogen and oxygen atoms in total. The Hall–Kier alpha value is -1.94. The molecule has 0 aliphatic heterocycles. The lowest BCUT2D eigenvalue weighted by Crippen LogP contribution is -2.15. The fraction of sp³-hybridized carbons (Fsp3) is 0.267. The van der Waals surface area contributed by atoms with Gasteiger partial charge in [-0.2, -0.15) is 0 Å². The van der Waals surface area contributed by atoms with Crippen molar-refractivity contribution in [3.8, 4) is 11.5 Å². The molecule has 0 bridgehead atoms. The van der Waals surface area contributed by atoms with E-state index < -0.39 is 0 Å². The van der Waals surface area contributed by atoms with Gasteiger partial charge in [-0.05, 0) is 36.6 Å². The highest BCUT2D eigenvalue weighted by Crippen LogP contribution is 2.24. The van der Waals surface area contributed by atoms with Gasteiger partial charge >= 0.3 is 0 Å². The molecule has 1 aliphatic carbocycles. The Labute approximate surface area is 111 Å². The van der Waals surface area contributed by atoms with E-state index in [0.29, 0.717) is 11.8 Å². The van der Waals surface area contributed by atoms with Crippen LogP contribution in [-0.2, 0) is 6.54 Å². The molecule has 1 saturated carbocycles. The van der Waals surface area contributed by atoms with Crippen LogP contribution in [0.25, 0.3) is 0 Å². The highest BCUT2D eigenvalue weighted by molar-refractivity contribution is 5.32. The number of hydrogen-bond donors (Lipinski definition) is 1. The van der Waals surface area contributed by atoms with Crippen molar-refractivity contribution in [3.63, 3.8) is 0 Å². The minimum Gasteiger partial charge on any atom is -0.453 e. The second-order valence-electron chi connectivity index (χ2n) is 4.72. The van der Waals surface area contributed by atoms with Gasteiger partial charge in [-0.1, -0.05) is 12.1 Å². The lowest BCUT2D eigenvalue weighted by molar-refractivity contribution is 0.440. The zero-order valence-electron chi connectivity index (χ0n) is 10.5. The van der Waals surface area contributed by atoms with Crippen LogP contribution in [0.2, 0.25) is 0 Å². The third kappa shape index (κ3) is 3.29. The van der Waals surface area contributed by atoms with Gasteiger partial charge in [0.25, 0.3) is 0 Å². The molecular weight excluding hydrogens is 243 g/mol. The molecule has 1 aromatic carbocycles. The Balaban J connectivity index is 1.70. The standard InChI is InChI=1S/C15H15FN2O/c16-14-3-1-2-4-15(14)19-13-7-11(8-17-10-13)9-18-12-5-6-12/h1-4,7-8,10,12,18H,5-6,9H2. The number of nitrogens with one attached hydrogen (secondary N) is 1. The molecule has 0 unspecified atom stereocenters. The predicted octanol–water partition coefficient (Wildman–Crippen LogP) is 3.27. The monoisotopic (exact) mass is 258 g/mol. The number of aromatic nitrogens is 1. The minimum absolute atomic E-state index is 0.219. The van der Waals surface area contributed by atoms with Gasteiger partial charge in [-0.15, -0.1) is 0 Å². The number of para-hydroxylation sites is 1. The molecule has 0 amide bonds. The summed E-state index contributed by atoms with van der Waals surface area (Å²) in [6.07, 6.45) is 5.88. The van der Waals surface area contributed by atoms with Crippen molar-refractivity contribution in [2.45, 2.75) is 25.4 Å². The van der Waals surface area contributed by atoms with Crippen LogP contribution in [0.3, 0.4) is 0 Å². The Morgan fingerprint density at radius 1 is 1.26 bits per heavy atom. The first-order valence-electron chi connectivity index (χ1n) is 6.41. The van der Waals surface area contributed by atoms with E-state index in [1.807, 2.05) is 6.07 Å². The molecule has 0 spiro atoms. The van der Waals surface area contributed by atoms with Crippen LogP contribution in [0.4, 0.5) is 4.39 Å². The van der Waals surface area contributed by atoms with Gasteiger partial charge in [-0.25, -0.2) is 4.39 Å². The van der Waals surface area contributed by atoms with Gasteiger partial charge in [-0.3, -0.25) is 4.98 Å². The van der Waals surface area contributed by atoms with Crippen LogP contribution >= 0.6 is 0 Å². The van der Waals surface area contributed by atoms with Crippen molar-refractivity contribution in [1.29, 1.82) is 0 Å². The Morgan fingerprint density at radius 2 is 2.11 bits per heavy atom. The van der Waals surface area contributed by atoms with E-state index in [2.05, 4.69) is 10.3 Å². The van der Waals surface area contributed by atoms with Crippen molar-refractivity contribution in [2.24, 2.45) is 0 Å². The highest BCUT2D eigenvalue weighted by atomic mass is 19.1. The van der Waals surface area contributed by atoms with Gasteiger partial charge < -0.3 is 10.1 Å². The molecule has 3 rings (SSSR count). The average molecular weight is 258 g/mol. The van der Waals surface area contributed by atoms with Crippen molar-refractivity contribution in [3.05, 3.63) is 54.1 Å². The van der Waals surface area contributed by atoms with E-state index >= 15 is 0 Å². The molecule has 1 N–H and O–H groups in total.